The Balaban J connectivity index is 0. The van der Waals surface area contributed by atoms with Crippen molar-refractivity contribution in [1.82, 2.24) is 0 Å². The van der Waals surface area contributed by atoms with E-state index in [1.54, 1.807) is 0 Å². The van der Waals surface area contributed by atoms with Crippen molar-refractivity contribution in [2.45, 2.75) is 26.3 Å². The molecule has 0 bridgehead atoms. The van der Waals surface area contributed by atoms with Crippen LogP contribution in [-0.2, 0) is 17.0 Å². The van der Waals surface area contributed by atoms with Crippen LogP contribution in [0.1, 0.15) is 20.3 Å². The Morgan fingerprint density at radius 2 is 1.75 bits per heavy atom. The van der Waals surface area contributed by atoms with E-state index in [-0.39, 0.29) is 0 Å². The Labute approximate surface area is 67.6 Å². The second kappa shape index (κ2) is 11.1. The molecule has 50 valence electrons. The van der Waals surface area contributed by atoms with Crippen LogP contribution >= 0.6 is 18.6 Å². The van der Waals surface area contributed by atoms with Crippen molar-refractivity contribution in [1.29, 1.82) is 0 Å². The maximum absolute atomic E-state index is 5.29. The van der Waals surface area contributed by atoms with Crippen molar-refractivity contribution in [3.05, 3.63) is 0 Å². The standard InChI is InChI=1S/C4H11N.2ClH.Ti/c1-3-4(2)5;;;/h4H,3,5H2,1-2H3;2*1H;/q;;;+2/p-2. The Hall–Kier alpha value is 1.25. The molecule has 1 atom stereocenters. The van der Waals surface area contributed by atoms with Gasteiger partial charge in [-0.05, 0) is 13.3 Å². The van der Waals surface area contributed by atoms with E-state index in [1.807, 2.05) is 6.92 Å². The summed E-state index contributed by atoms with van der Waals surface area (Å²) in [4.78, 5) is 0. The first-order chi connectivity index (χ1) is 3.68. The van der Waals surface area contributed by atoms with Gasteiger partial charge in [-0.2, -0.15) is 0 Å². The molecule has 0 aromatic heterocycles. The van der Waals surface area contributed by atoms with Crippen LogP contribution in [0.15, 0.2) is 0 Å². The van der Waals surface area contributed by atoms with Crippen molar-refractivity contribution in [3.8, 4) is 0 Å². The van der Waals surface area contributed by atoms with Gasteiger partial charge in [-0.3, -0.25) is 0 Å². The maximum atomic E-state index is 5.29. The van der Waals surface area contributed by atoms with E-state index in [0.717, 1.165) is 6.42 Å². The fourth-order valence-electron chi connectivity index (χ4n) is 0. The van der Waals surface area contributed by atoms with Gasteiger partial charge in [-0.25, -0.2) is 0 Å². The second-order valence-corrected chi connectivity index (χ2v) is 4.04. The minimum absolute atomic E-state index is 0.384. The zero-order chi connectivity index (χ0) is 6.99. The molecule has 4 heteroatoms. The summed E-state index contributed by atoms with van der Waals surface area (Å²) in [6, 6.07) is 0.384. The minimum atomic E-state index is -0.556. The SMILES string of the molecule is CCC(C)N.[Cl][Ti][Cl]. The van der Waals surface area contributed by atoms with E-state index < -0.39 is 17.0 Å². The molecular formula is C4H11Cl2NTi. The fourth-order valence-corrected chi connectivity index (χ4v) is 0. The molecule has 0 rings (SSSR count). The molecule has 0 spiro atoms. The molecule has 1 nitrogen and oxygen atoms in total. The zero-order valence-electron chi connectivity index (χ0n) is 5.12. The average Bonchev–Trinajstić information content (AvgIpc) is 1.69. The first-order valence-corrected chi connectivity index (χ1v) is 6.70. The van der Waals surface area contributed by atoms with Crippen molar-refractivity contribution in [2.24, 2.45) is 5.73 Å². The fraction of sp³-hybridized carbons (Fsp3) is 1.00. The van der Waals surface area contributed by atoms with E-state index in [2.05, 4.69) is 6.92 Å². The summed E-state index contributed by atoms with van der Waals surface area (Å²) in [5.74, 6) is 0. The third-order valence-corrected chi connectivity index (χ3v) is 0.644. The molecule has 0 aliphatic rings. The zero-order valence-corrected chi connectivity index (χ0v) is 8.19. The number of nitrogens with two attached hydrogens (primary N) is 1. The van der Waals surface area contributed by atoms with Gasteiger partial charge in [0.1, 0.15) is 0 Å². The second-order valence-electron chi connectivity index (χ2n) is 1.46. The first-order valence-electron chi connectivity index (χ1n) is 2.40. The van der Waals surface area contributed by atoms with E-state index in [4.69, 9.17) is 24.3 Å². The number of halogens is 2. The topological polar surface area (TPSA) is 26.0 Å². The molecule has 0 aliphatic heterocycles. The van der Waals surface area contributed by atoms with Gasteiger partial charge in [0, 0.05) is 6.04 Å². The predicted octanol–water partition coefficient (Wildman–Crippen LogP) is 2.12. The monoisotopic (exact) mass is 191 g/mol. The van der Waals surface area contributed by atoms with Crippen LogP contribution in [0.3, 0.4) is 0 Å². The molecule has 0 saturated carbocycles. The normalized spacial score (nSPS) is 11.1. The van der Waals surface area contributed by atoms with Gasteiger partial charge >= 0.3 is 35.6 Å². The van der Waals surface area contributed by atoms with Crippen LogP contribution in [0.25, 0.3) is 0 Å². The molecule has 0 aliphatic carbocycles. The van der Waals surface area contributed by atoms with Gasteiger partial charge in [-0.15, -0.1) is 0 Å². The molecule has 0 saturated heterocycles. The molecule has 0 fully saturated rings. The third-order valence-electron chi connectivity index (χ3n) is 0.644. The van der Waals surface area contributed by atoms with E-state index in [1.165, 1.54) is 0 Å². The molecule has 1 unspecified atom stereocenters. The van der Waals surface area contributed by atoms with Crippen LogP contribution in [0.5, 0.6) is 0 Å². The van der Waals surface area contributed by atoms with Gasteiger partial charge in [0.15, 0.2) is 0 Å². The Morgan fingerprint density at radius 3 is 1.75 bits per heavy atom. The van der Waals surface area contributed by atoms with Crippen molar-refractivity contribution >= 4 is 18.6 Å². The van der Waals surface area contributed by atoms with Gasteiger partial charge in [0.05, 0.1) is 0 Å². The molecule has 0 amide bonds. The van der Waals surface area contributed by atoms with Crippen molar-refractivity contribution in [3.63, 3.8) is 0 Å². The molecule has 0 radical (unpaired) electrons. The molecule has 0 aromatic rings. The van der Waals surface area contributed by atoms with Crippen LogP contribution in [0, 0.1) is 0 Å². The summed E-state index contributed by atoms with van der Waals surface area (Å²) >= 11 is -0.556. The quantitative estimate of drug-likeness (QED) is 0.632. The van der Waals surface area contributed by atoms with Crippen molar-refractivity contribution < 1.29 is 17.0 Å². The first kappa shape index (κ1) is 12.0. The Bertz CT molecular complexity index is 35.2. The van der Waals surface area contributed by atoms with E-state index in [0.29, 0.717) is 6.04 Å². The summed E-state index contributed by atoms with van der Waals surface area (Å²) in [7, 11) is 9.78. The summed E-state index contributed by atoms with van der Waals surface area (Å²) in [5.41, 5.74) is 5.29. The van der Waals surface area contributed by atoms with Crippen LogP contribution in [-0.4, -0.2) is 6.04 Å². The number of hydrogen-bond donors (Lipinski definition) is 1. The molecule has 2 N–H and O–H groups in total. The van der Waals surface area contributed by atoms with Gasteiger partial charge in [0.25, 0.3) is 0 Å². The number of hydrogen-bond acceptors (Lipinski definition) is 1. The molecular weight excluding hydrogens is 181 g/mol. The third kappa shape index (κ3) is 26.8. The summed E-state index contributed by atoms with van der Waals surface area (Å²) in [6.45, 7) is 4.07. The molecule has 8 heavy (non-hydrogen) atoms. The Morgan fingerprint density at radius 1 is 1.62 bits per heavy atom. The molecule has 0 heterocycles. The van der Waals surface area contributed by atoms with Crippen LogP contribution in [0.2, 0.25) is 0 Å². The number of rotatable bonds is 1. The van der Waals surface area contributed by atoms with E-state index >= 15 is 0 Å². The summed E-state index contributed by atoms with van der Waals surface area (Å²) in [6.07, 6.45) is 1.08. The average molecular weight is 192 g/mol. The van der Waals surface area contributed by atoms with Gasteiger partial charge < -0.3 is 5.73 Å². The van der Waals surface area contributed by atoms with Gasteiger partial charge in [-0.1, -0.05) is 6.92 Å². The molecule has 0 aromatic carbocycles. The van der Waals surface area contributed by atoms with E-state index in [9.17, 15) is 0 Å². The van der Waals surface area contributed by atoms with Crippen LogP contribution < -0.4 is 5.73 Å². The summed E-state index contributed by atoms with van der Waals surface area (Å²) < 4.78 is 0. The van der Waals surface area contributed by atoms with Crippen LogP contribution in [0.4, 0.5) is 0 Å². The Kier molecular flexibility index (Phi) is 16.6. The summed E-state index contributed by atoms with van der Waals surface area (Å²) in [5, 5.41) is 0. The van der Waals surface area contributed by atoms with Crippen molar-refractivity contribution in [2.75, 3.05) is 0 Å². The predicted molar refractivity (Wildman–Crippen MR) is 35.6 cm³/mol. The van der Waals surface area contributed by atoms with Gasteiger partial charge in [0.2, 0.25) is 0 Å².